The number of pyridine rings is 1. The van der Waals surface area contributed by atoms with Gasteiger partial charge in [0, 0.05) is 36.5 Å². The summed E-state index contributed by atoms with van der Waals surface area (Å²) in [5.41, 5.74) is 0.857. The fraction of sp³-hybridized carbons (Fsp3) is 0.389. The molecule has 150 valence electrons. The number of hydrogen-bond acceptors (Lipinski definition) is 6. The van der Waals surface area contributed by atoms with Crippen molar-refractivity contribution in [2.24, 2.45) is 0 Å². The lowest BCUT2D eigenvalue weighted by molar-refractivity contribution is -0.385. The molecule has 0 atom stereocenters. The molecule has 8 nitrogen and oxygen atoms in total. The normalized spacial score (nSPS) is 15.6. The number of benzene rings is 1. The summed E-state index contributed by atoms with van der Waals surface area (Å²) in [5, 5.41) is 11.2. The Morgan fingerprint density at radius 1 is 1.25 bits per heavy atom. The summed E-state index contributed by atoms with van der Waals surface area (Å²) in [6, 6.07) is 7.85. The molecule has 1 aliphatic rings. The summed E-state index contributed by atoms with van der Waals surface area (Å²) < 4.78 is 28.1. The molecule has 2 heterocycles. The van der Waals surface area contributed by atoms with Crippen molar-refractivity contribution in [3.8, 4) is 0 Å². The maximum Gasteiger partial charge on any atom is 0.275 e. The Labute approximate surface area is 168 Å². The van der Waals surface area contributed by atoms with Gasteiger partial charge in [0.25, 0.3) is 5.69 Å². The number of sulfonamides is 1. The summed E-state index contributed by atoms with van der Waals surface area (Å²) in [4.78, 5) is 16.9. The van der Waals surface area contributed by atoms with Crippen LogP contribution in [0.3, 0.4) is 0 Å². The van der Waals surface area contributed by atoms with Crippen molar-refractivity contribution in [2.45, 2.75) is 37.6 Å². The fourth-order valence-electron chi connectivity index (χ4n) is 3.20. The Bertz CT molecular complexity index is 1000. The molecule has 3 rings (SSSR count). The van der Waals surface area contributed by atoms with Crippen LogP contribution >= 0.6 is 11.6 Å². The first-order chi connectivity index (χ1) is 13.2. The molecule has 0 radical (unpaired) electrons. The highest BCUT2D eigenvalue weighted by Crippen LogP contribution is 2.30. The van der Waals surface area contributed by atoms with Crippen molar-refractivity contribution >= 4 is 33.1 Å². The minimum absolute atomic E-state index is 0.0508. The summed E-state index contributed by atoms with van der Waals surface area (Å²) in [5.74, 6) is 0.877. The highest BCUT2D eigenvalue weighted by Gasteiger charge is 2.27. The molecule has 10 heteroatoms. The van der Waals surface area contributed by atoms with Crippen LogP contribution in [0.5, 0.6) is 0 Å². The van der Waals surface area contributed by atoms with Crippen LogP contribution in [0.4, 0.5) is 11.5 Å². The van der Waals surface area contributed by atoms with Gasteiger partial charge in [0.15, 0.2) is 0 Å². The van der Waals surface area contributed by atoms with Crippen molar-refractivity contribution in [3.05, 3.63) is 56.7 Å². The predicted octanol–water partition coefficient (Wildman–Crippen LogP) is 3.21. The minimum Gasteiger partial charge on any atom is -0.356 e. The van der Waals surface area contributed by atoms with E-state index in [0.29, 0.717) is 25.9 Å². The Morgan fingerprint density at radius 2 is 1.93 bits per heavy atom. The molecule has 1 saturated heterocycles. The van der Waals surface area contributed by atoms with Crippen molar-refractivity contribution in [1.82, 2.24) is 9.71 Å². The van der Waals surface area contributed by atoms with Crippen molar-refractivity contribution in [3.63, 3.8) is 0 Å². The summed E-state index contributed by atoms with van der Waals surface area (Å²) >= 11 is 6.00. The average Bonchev–Trinajstić information content (AvgIpc) is 2.63. The molecule has 28 heavy (non-hydrogen) atoms. The van der Waals surface area contributed by atoms with Gasteiger partial charge in [-0.3, -0.25) is 10.1 Å². The third kappa shape index (κ3) is 4.43. The molecule has 0 bridgehead atoms. The van der Waals surface area contributed by atoms with Gasteiger partial charge >= 0.3 is 0 Å². The Kier molecular flexibility index (Phi) is 5.87. The van der Waals surface area contributed by atoms with Crippen LogP contribution in [0.1, 0.15) is 24.1 Å². The van der Waals surface area contributed by atoms with E-state index < -0.39 is 14.9 Å². The van der Waals surface area contributed by atoms with Gasteiger partial charge in [0.2, 0.25) is 10.0 Å². The van der Waals surface area contributed by atoms with Crippen molar-refractivity contribution in [1.29, 1.82) is 0 Å². The third-order valence-electron chi connectivity index (χ3n) is 4.81. The lowest BCUT2D eigenvalue weighted by Gasteiger charge is -2.33. The zero-order valence-electron chi connectivity index (χ0n) is 15.6. The van der Waals surface area contributed by atoms with E-state index in [1.54, 1.807) is 0 Å². The molecule has 2 aromatic rings. The lowest BCUT2D eigenvalue weighted by atomic mass is 10.1. The summed E-state index contributed by atoms with van der Waals surface area (Å²) in [6.45, 7) is 4.74. The van der Waals surface area contributed by atoms with E-state index in [2.05, 4.69) is 14.6 Å². The second-order valence-electron chi connectivity index (χ2n) is 6.83. The first-order valence-corrected chi connectivity index (χ1v) is 10.7. The second-order valence-corrected chi connectivity index (χ2v) is 8.95. The number of aryl methyl sites for hydroxylation is 1. The molecule has 1 fully saturated rings. The number of rotatable bonds is 5. The van der Waals surface area contributed by atoms with Gasteiger partial charge in [-0.25, -0.2) is 18.1 Å². The van der Waals surface area contributed by atoms with E-state index in [4.69, 9.17) is 11.6 Å². The van der Waals surface area contributed by atoms with E-state index in [9.17, 15) is 18.5 Å². The van der Waals surface area contributed by atoms with Crippen molar-refractivity contribution in [2.75, 3.05) is 18.0 Å². The monoisotopic (exact) mass is 424 g/mol. The zero-order chi connectivity index (χ0) is 20.5. The number of nitro groups is 1. The number of nitro benzene ring substituents is 1. The van der Waals surface area contributed by atoms with E-state index in [1.807, 2.05) is 25.1 Å². The van der Waals surface area contributed by atoms with Gasteiger partial charge in [-0.05, 0) is 44.9 Å². The molecular weight excluding hydrogens is 404 g/mol. The average molecular weight is 425 g/mol. The van der Waals surface area contributed by atoms with Crippen LogP contribution in [0, 0.1) is 24.0 Å². The van der Waals surface area contributed by atoms with E-state index in [1.165, 1.54) is 13.0 Å². The second kappa shape index (κ2) is 8.02. The molecule has 1 aliphatic heterocycles. The van der Waals surface area contributed by atoms with Crippen molar-refractivity contribution < 1.29 is 13.3 Å². The highest BCUT2D eigenvalue weighted by molar-refractivity contribution is 7.89. The van der Waals surface area contributed by atoms with Gasteiger partial charge in [-0.2, -0.15) is 0 Å². The highest BCUT2D eigenvalue weighted by atomic mass is 35.5. The number of piperidine rings is 1. The smallest absolute Gasteiger partial charge is 0.275 e. The van der Waals surface area contributed by atoms with Crippen LogP contribution in [-0.2, 0) is 10.0 Å². The molecule has 1 aromatic heterocycles. The quantitative estimate of drug-likeness (QED) is 0.583. The largest absolute Gasteiger partial charge is 0.356 e. The Balaban J connectivity index is 1.71. The van der Waals surface area contributed by atoms with E-state index in [0.717, 1.165) is 17.6 Å². The van der Waals surface area contributed by atoms with Gasteiger partial charge < -0.3 is 4.90 Å². The van der Waals surface area contributed by atoms with Crippen LogP contribution in [0.25, 0.3) is 0 Å². The predicted molar refractivity (Wildman–Crippen MR) is 107 cm³/mol. The van der Waals surface area contributed by atoms with Crippen LogP contribution in [0.2, 0.25) is 5.02 Å². The molecule has 0 spiro atoms. The number of hydrogen-bond donors (Lipinski definition) is 1. The fourth-order valence-corrected chi connectivity index (χ4v) is 4.83. The number of aromatic nitrogens is 1. The molecule has 0 aliphatic carbocycles. The maximum atomic E-state index is 12.7. The summed E-state index contributed by atoms with van der Waals surface area (Å²) in [7, 11) is -3.92. The summed E-state index contributed by atoms with van der Waals surface area (Å²) in [6.07, 6.45) is 1.22. The molecule has 0 saturated carbocycles. The SMILES string of the molecule is Cc1cccc(N2CCC(NS(=O)(=O)c3cc(Cl)c(C)c([N+](=O)[O-])c3)CC2)n1. The zero-order valence-corrected chi connectivity index (χ0v) is 17.1. The number of nitrogens with one attached hydrogen (secondary N) is 1. The maximum absolute atomic E-state index is 12.7. The lowest BCUT2D eigenvalue weighted by Crippen LogP contribution is -2.44. The molecule has 0 unspecified atom stereocenters. The van der Waals surface area contributed by atoms with E-state index >= 15 is 0 Å². The van der Waals surface area contributed by atoms with Gasteiger partial charge in [0.1, 0.15) is 5.82 Å². The molecular formula is C18H21ClN4O4S. The number of halogens is 1. The van der Waals surface area contributed by atoms with Crippen LogP contribution in [0.15, 0.2) is 35.2 Å². The van der Waals surface area contributed by atoms with E-state index in [-0.39, 0.29) is 27.2 Å². The first kappa shape index (κ1) is 20.5. The first-order valence-electron chi connectivity index (χ1n) is 8.83. The third-order valence-corrected chi connectivity index (χ3v) is 6.70. The number of anilines is 1. The minimum atomic E-state index is -3.92. The Hall–Kier alpha value is -2.23. The van der Waals surface area contributed by atoms with Crippen LogP contribution in [-0.4, -0.2) is 37.5 Å². The molecule has 1 N–H and O–H groups in total. The van der Waals surface area contributed by atoms with Crippen LogP contribution < -0.4 is 9.62 Å². The van der Waals surface area contributed by atoms with Gasteiger partial charge in [-0.15, -0.1) is 0 Å². The standard InChI is InChI=1S/C18H21ClN4O4S/c1-12-4-3-5-18(20-12)22-8-6-14(7-9-22)21-28(26,27)15-10-16(19)13(2)17(11-15)23(24)25/h3-5,10-11,14,21H,6-9H2,1-2H3. The molecule has 0 amide bonds. The number of nitrogens with zero attached hydrogens (tertiary/aromatic N) is 3. The Morgan fingerprint density at radius 3 is 2.54 bits per heavy atom. The molecule has 1 aromatic carbocycles. The van der Waals surface area contributed by atoms with Gasteiger partial charge in [0.05, 0.1) is 14.8 Å². The topological polar surface area (TPSA) is 105 Å². The van der Waals surface area contributed by atoms with Gasteiger partial charge in [-0.1, -0.05) is 17.7 Å².